The number of nitrogens with zero attached hydrogens (tertiary/aromatic N) is 1. The Morgan fingerprint density at radius 1 is 0.935 bits per heavy atom. The lowest BCUT2D eigenvalue weighted by Gasteiger charge is -2.11. The number of aryl methyl sites for hydroxylation is 1. The number of Topliss-reactive ketones (excluding diaryl/α,β-unsaturated/α-hetero) is 1. The van der Waals surface area contributed by atoms with Crippen molar-refractivity contribution in [2.24, 2.45) is 0 Å². The average molecular weight is 420 g/mol. The Morgan fingerprint density at radius 3 is 2.26 bits per heavy atom. The van der Waals surface area contributed by atoms with Crippen LogP contribution >= 0.6 is 0 Å². The van der Waals surface area contributed by atoms with Gasteiger partial charge in [-0.05, 0) is 49.7 Å². The topological polar surface area (TPSA) is 86.6 Å². The van der Waals surface area contributed by atoms with E-state index in [0.717, 1.165) is 5.56 Å². The number of ketones is 1. The van der Waals surface area contributed by atoms with Crippen molar-refractivity contribution >= 4 is 17.7 Å². The minimum atomic E-state index is -0.580. The summed E-state index contributed by atoms with van der Waals surface area (Å²) in [6.07, 6.45) is 0. The number of rotatable bonds is 8. The van der Waals surface area contributed by atoms with E-state index >= 15 is 0 Å². The van der Waals surface area contributed by atoms with Crippen LogP contribution in [0.15, 0.2) is 60.7 Å². The molecule has 3 rings (SSSR count). The van der Waals surface area contributed by atoms with Gasteiger partial charge in [-0.1, -0.05) is 30.3 Å². The molecule has 0 atom stereocenters. The molecule has 0 unspecified atom stereocenters. The van der Waals surface area contributed by atoms with Gasteiger partial charge in [-0.25, -0.2) is 4.79 Å². The third-order valence-electron chi connectivity index (χ3n) is 4.82. The number of benzene rings is 2. The second kappa shape index (κ2) is 9.86. The fourth-order valence-corrected chi connectivity index (χ4v) is 3.17. The van der Waals surface area contributed by atoms with Crippen molar-refractivity contribution in [2.75, 3.05) is 19.1 Å². The lowest BCUT2D eigenvalue weighted by molar-refractivity contribution is 0.0474. The number of ether oxygens (including phenoxy) is 2. The number of carbonyl (C=O) groups excluding carboxylic acids is 3. The number of hydrogen-bond acceptors (Lipinski definition) is 5. The van der Waals surface area contributed by atoms with E-state index in [4.69, 9.17) is 9.47 Å². The summed E-state index contributed by atoms with van der Waals surface area (Å²) in [6, 6.07) is 17.3. The molecular weight excluding hydrogens is 396 g/mol. The molecule has 1 aromatic heterocycles. The van der Waals surface area contributed by atoms with Crippen molar-refractivity contribution in [3.63, 3.8) is 0 Å². The summed E-state index contributed by atoms with van der Waals surface area (Å²) in [5.74, 6) is -1.22. The van der Waals surface area contributed by atoms with E-state index in [9.17, 15) is 14.4 Å². The summed E-state index contributed by atoms with van der Waals surface area (Å²) in [7, 11) is 1.60. The zero-order chi connectivity index (χ0) is 22.4. The normalized spacial score (nSPS) is 10.5. The molecule has 0 saturated heterocycles. The van der Waals surface area contributed by atoms with Crippen LogP contribution in [0.2, 0.25) is 0 Å². The van der Waals surface area contributed by atoms with E-state index in [2.05, 4.69) is 5.43 Å². The third-order valence-corrected chi connectivity index (χ3v) is 4.82. The summed E-state index contributed by atoms with van der Waals surface area (Å²) in [5.41, 5.74) is 6.21. The molecule has 2 aromatic carbocycles. The first-order valence-corrected chi connectivity index (χ1v) is 9.74. The third kappa shape index (κ3) is 5.26. The molecule has 0 aliphatic heterocycles. The molecule has 7 heteroatoms. The smallest absolute Gasteiger partial charge is 0.338 e. The quantitative estimate of drug-likeness (QED) is 0.444. The average Bonchev–Trinajstić information content (AvgIpc) is 3.07. The van der Waals surface area contributed by atoms with E-state index in [0.29, 0.717) is 34.7 Å². The number of carbonyl (C=O) groups is 3. The number of hydrogen-bond donors (Lipinski definition) is 1. The minimum absolute atomic E-state index is 0.287. The van der Waals surface area contributed by atoms with Gasteiger partial charge in [-0.2, -0.15) is 0 Å². The van der Waals surface area contributed by atoms with Crippen LogP contribution in [0.1, 0.15) is 48.0 Å². The largest absolute Gasteiger partial charge is 0.454 e. The van der Waals surface area contributed by atoms with Crippen LogP contribution in [-0.2, 0) is 16.1 Å². The SMILES string of the molecule is COCc1ccc(C(=O)OCC(=O)c2cc(C)n(NC(=O)c3ccccc3)c2C)cc1. The van der Waals surface area contributed by atoms with Crippen LogP contribution in [0.25, 0.3) is 0 Å². The summed E-state index contributed by atoms with van der Waals surface area (Å²) in [5, 5.41) is 0. The molecular formula is C24H24N2O5. The molecule has 31 heavy (non-hydrogen) atoms. The number of esters is 1. The summed E-state index contributed by atoms with van der Waals surface area (Å²) < 4.78 is 11.8. The highest BCUT2D eigenvalue weighted by Gasteiger charge is 2.19. The van der Waals surface area contributed by atoms with Crippen molar-refractivity contribution in [1.29, 1.82) is 0 Å². The lowest BCUT2D eigenvalue weighted by Crippen LogP contribution is -2.25. The summed E-state index contributed by atoms with van der Waals surface area (Å²) >= 11 is 0. The molecule has 7 nitrogen and oxygen atoms in total. The summed E-state index contributed by atoms with van der Waals surface area (Å²) in [4.78, 5) is 37.3. The Balaban J connectivity index is 1.65. The highest BCUT2D eigenvalue weighted by molar-refractivity contribution is 6.02. The van der Waals surface area contributed by atoms with Gasteiger partial charge in [0.05, 0.1) is 12.2 Å². The molecule has 1 N–H and O–H groups in total. The molecule has 1 amide bonds. The second-order valence-corrected chi connectivity index (χ2v) is 7.06. The molecule has 0 aliphatic rings. The van der Waals surface area contributed by atoms with Gasteiger partial charge < -0.3 is 9.47 Å². The molecule has 3 aromatic rings. The van der Waals surface area contributed by atoms with Crippen LogP contribution in [-0.4, -0.2) is 36.1 Å². The number of aromatic nitrogens is 1. The van der Waals surface area contributed by atoms with Crippen LogP contribution < -0.4 is 5.43 Å². The Kier molecular flexibility index (Phi) is 6.99. The molecule has 0 aliphatic carbocycles. The van der Waals surface area contributed by atoms with Crippen LogP contribution in [0.4, 0.5) is 0 Å². The molecule has 0 fully saturated rings. The molecule has 0 radical (unpaired) electrons. The van der Waals surface area contributed by atoms with Crippen LogP contribution in [0, 0.1) is 13.8 Å². The van der Waals surface area contributed by atoms with Crippen molar-refractivity contribution in [1.82, 2.24) is 4.68 Å². The van der Waals surface area contributed by atoms with E-state index in [-0.39, 0.29) is 11.7 Å². The minimum Gasteiger partial charge on any atom is -0.454 e. The van der Waals surface area contributed by atoms with E-state index in [1.54, 1.807) is 80.2 Å². The number of amides is 1. The fraction of sp³-hybridized carbons (Fsp3) is 0.208. The Labute approximate surface area is 180 Å². The van der Waals surface area contributed by atoms with Crippen molar-refractivity contribution in [3.8, 4) is 0 Å². The maximum atomic E-state index is 12.6. The predicted octanol–water partition coefficient (Wildman–Crippen LogP) is 3.67. The zero-order valence-corrected chi connectivity index (χ0v) is 17.7. The molecule has 0 bridgehead atoms. The van der Waals surface area contributed by atoms with E-state index in [1.807, 2.05) is 6.07 Å². The fourth-order valence-electron chi connectivity index (χ4n) is 3.17. The predicted molar refractivity (Wildman–Crippen MR) is 116 cm³/mol. The van der Waals surface area contributed by atoms with E-state index in [1.165, 1.54) is 0 Å². The molecule has 160 valence electrons. The van der Waals surface area contributed by atoms with Gasteiger partial charge in [0.2, 0.25) is 5.78 Å². The first-order chi connectivity index (χ1) is 14.9. The first kappa shape index (κ1) is 22.0. The standard InChI is InChI=1S/C24H24N2O5/c1-16-13-21(17(2)26(16)25-23(28)19-7-5-4-6-8-19)22(27)15-31-24(29)20-11-9-18(10-12-20)14-30-3/h4-13H,14-15H2,1-3H3,(H,25,28). The first-order valence-electron chi connectivity index (χ1n) is 9.74. The van der Waals surface area contributed by atoms with E-state index < -0.39 is 12.6 Å². The van der Waals surface area contributed by atoms with Gasteiger partial charge in [-0.3, -0.25) is 19.7 Å². The molecule has 1 heterocycles. The highest BCUT2D eigenvalue weighted by atomic mass is 16.5. The maximum absolute atomic E-state index is 12.6. The number of methoxy groups -OCH3 is 1. The maximum Gasteiger partial charge on any atom is 0.338 e. The number of nitrogens with one attached hydrogen (secondary N) is 1. The Hall–Kier alpha value is -3.71. The monoisotopic (exact) mass is 420 g/mol. The van der Waals surface area contributed by atoms with Gasteiger partial charge >= 0.3 is 5.97 Å². The summed E-state index contributed by atoms with van der Waals surface area (Å²) in [6.45, 7) is 3.56. The van der Waals surface area contributed by atoms with Gasteiger partial charge in [0.25, 0.3) is 5.91 Å². The van der Waals surface area contributed by atoms with Gasteiger partial charge in [0.1, 0.15) is 0 Å². The van der Waals surface area contributed by atoms with Gasteiger partial charge in [-0.15, -0.1) is 0 Å². The van der Waals surface area contributed by atoms with Crippen LogP contribution in [0.3, 0.4) is 0 Å². The highest BCUT2D eigenvalue weighted by Crippen LogP contribution is 2.16. The lowest BCUT2D eigenvalue weighted by atomic mass is 10.1. The Morgan fingerprint density at radius 2 is 1.61 bits per heavy atom. The second-order valence-electron chi connectivity index (χ2n) is 7.06. The van der Waals surface area contributed by atoms with Crippen molar-refractivity contribution in [2.45, 2.75) is 20.5 Å². The van der Waals surface area contributed by atoms with Crippen molar-refractivity contribution < 1.29 is 23.9 Å². The molecule has 0 saturated carbocycles. The van der Waals surface area contributed by atoms with Gasteiger partial charge in [0, 0.05) is 29.6 Å². The Bertz CT molecular complexity index is 1090. The van der Waals surface area contributed by atoms with Crippen molar-refractivity contribution in [3.05, 3.63) is 94.3 Å². The molecule has 0 spiro atoms. The van der Waals surface area contributed by atoms with Crippen LogP contribution in [0.5, 0.6) is 0 Å². The van der Waals surface area contributed by atoms with Gasteiger partial charge in [0.15, 0.2) is 6.61 Å². The zero-order valence-electron chi connectivity index (χ0n) is 17.7.